The van der Waals surface area contributed by atoms with Crippen LogP contribution in [0.4, 0.5) is 17.2 Å². The first-order chi connectivity index (χ1) is 12.8. The first kappa shape index (κ1) is 19.2. The van der Waals surface area contributed by atoms with E-state index in [9.17, 15) is 24.5 Å². The van der Waals surface area contributed by atoms with Gasteiger partial charge in [-0.25, -0.2) is 9.36 Å². The molecule has 0 spiro atoms. The summed E-state index contributed by atoms with van der Waals surface area (Å²) in [5.41, 5.74) is 4.20. The third-order valence-electron chi connectivity index (χ3n) is 3.60. The molecule has 0 aliphatic heterocycles. The van der Waals surface area contributed by atoms with Gasteiger partial charge in [-0.3, -0.25) is 24.3 Å². The minimum absolute atomic E-state index is 0.128. The number of hydrogen-bond donors (Lipinski definition) is 2. The van der Waals surface area contributed by atoms with Crippen molar-refractivity contribution >= 4 is 29.2 Å². The van der Waals surface area contributed by atoms with Crippen molar-refractivity contribution in [2.24, 2.45) is 7.05 Å². The molecular formula is C17H15N5O5. The third kappa shape index (κ3) is 4.10. The maximum absolute atomic E-state index is 12.3. The van der Waals surface area contributed by atoms with Crippen LogP contribution in [-0.4, -0.2) is 20.0 Å². The summed E-state index contributed by atoms with van der Waals surface area (Å²) in [4.78, 5) is 46.7. The molecule has 0 saturated heterocycles. The average Bonchev–Trinajstić information content (AvgIpc) is 2.65. The third-order valence-corrected chi connectivity index (χ3v) is 3.60. The van der Waals surface area contributed by atoms with Crippen molar-refractivity contribution in [3.63, 3.8) is 0 Å². The van der Waals surface area contributed by atoms with E-state index in [2.05, 4.69) is 11.2 Å². The number of nitrogen functional groups attached to an aromatic ring is 1. The van der Waals surface area contributed by atoms with Crippen LogP contribution in [0.1, 0.15) is 5.56 Å². The lowest BCUT2D eigenvalue weighted by molar-refractivity contribution is -0.384. The number of nitrogens with zero attached hydrogens (tertiary/aromatic N) is 3. The molecule has 3 N–H and O–H groups in total. The Morgan fingerprint density at radius 2 is 2.15 bits per heavy atom. The number of carbonyl (C=O) groups excluding carboxylic acids is 1. The monoisotopic (exact) mass is 369 g/mol. The van der Waals surface area contributed by atoms with E-state index in [1.165, 1.54) is 31.3 Å². The number of nitro benzene ring substituents is 1. The number of nitrogens with one attached hydrogen (secondary N) is 1. The fourth-order valence-electron chi connectivity index (χ4n) is 2.21. The molecule has 10 nitrogen and oxygen atoms in total. The van der Waals surface area contributed by atoms with E-state index in [1.807, 2.05) is 0 Å². The summed E-state index contributed by atoms with van der Waals surface area (Å²) in [6, 6.07) is 5.64. The van der Waals surface area contributed by atoms with Crippen LogP contribution >= 0.6 is 0 Å². The van der Waals surface area contributed by atoms with Gasteiger partial charge in [-0.1, -0.05) is 18.1 Å². The Bertz CT molecular complexity index is 1100. The molecule has 1 heterocycles. The summed E-state index contributed by atoms with van der Waals surface area (Å²) in [5.74, 6) is 1.24. The molecule has 138 valence electrons. The van der Waals surface area contributed by atoms with Gasteiger partial charge in [0.2, 0.25) is 5.91 Å². The van der Waals surface area contributed by atoms with E-state index in [0.29, 0.717) is 5.56 Å². The fourth-order valence-corrected chi connectivity index (χ4v) is 2.21. The van der Waals surface area contributed by atoms with Crippen LogP contribution in [0, 0.1) is 22.5 Å². The Hall–Kier alpha value is -4.13. The van der Waals surface area contributed by atoms with Crippen LogP contribution in [0.2, 0.25) is 0 Å². The van der Waals surface area contributed by atoms with E-state index >= 15 is 0 Å². The number of hydrogen-bond acceptors (Lipinski definition) is 6. The van der Waals surface area contributed by atoms with E-state index < -0.39 is 22.1 Å². The number of nitrogens with two attached hydrogens (primary N) is 1. The molecule has 1 aromatic carbocycles. The Morgan fingerprint density at radius 3 is 2.78 bits per heavy atom. The second-order valence-electron chi connectivity index (χ2n) is 5.37. The van der Waals surface area contributed by atoms with Crippen molar-refractivity contribution in [2.75, 3.05) is 11.1 Å². The van der Waals surface area contributed by atoms with Crippen molar-refractivity contribution in [1.82, 2.24) is 9.13 Å². The number of nitro groups is 1. The van der Waals surface area contributed by atoms with Gasteiger partial charge < -0.3 is 11.1 Å². The fraction of sp³-hybridized carbons (Fsp3) is 0.118. The SMILES string of the molecule is C#CCn1c(=O)c(NC(=O)/C=C/c2cccc([N+](=O)[O-])c2)c(N)n(C)c1=O. The lowest BCUT2D eigenvalue weighted by Crippen LogP contribution is -2.41. The highest BCUT2D eigenvalue weighted by Crippen LogP contribution is 2.14. The molecule has 2 aromatic rings. The zero-order valence-electron chi connectivity index (χ0n) is 14.2. The highest BCUT2D eigenvalue weighted by molar-refractivity contribution is 6.03. The smallest absolute Gasteiger partial charge is 0.333 e. The molecule has 27 heavy (non-hydrogen) atoms. The number of benzene rings is 1. The van der Waals surface area contributed by atoms with Gasteiger partial charge in [-0.2, -0.15) is 0 Å². The Labute approximate surface area is 152 Å². The molecule has 0 unspecified atom stereocenters. The number of anilines is 2. The summed E-state index contributed by atoms with van der Waals surface area (Å²) in [6.45, 7) is -0.280. The zero-order valence-corrected chi connectivity index (χ0v) is 14.2. The van der Waals surface area contributed by atoms with Gasteiger partial charge in [0, 0.05) is 25.3 Å². The van der Waals surface area contributed by atoms with Crippen LogP contribution < -0.4 is 22.3 Å². The molecule has 1 aromatic heterocycles. The van der Waals surface area contributed by atoms with Crippen LogP contribution in [0.25, 0.3) is 6.08 Å². The van der Waals surface area contributed by atoms with Crippen molar-refractivity contribution in [3.05, 3.63) is 66.9 Å². The van der Waals surface area contributed by atoms with Crippen molar-refractivity contribution in [1.29, 1.82) is 0 Å². The molecule has 0 bridgehead atoms. The van der Waals surface area contributed by atoms with E-state index in [0.717, 1.165) is 15.2 Å². The molecule has 1 amide bonds. The predicted octanol–water partition coefficient (Wildman–Crippen LogP) is 0.322. The van der Waals surface area contributed by atoms with Crippen molar-refractivity contribution < 1.29 is 9.72 Å². The highest BCUT2D eigenvalue weighted by atomic mass is 16.6. The molecular weight excluding hydrogens is 354 g/mol. The van der Waals surface area contributed by atoms with Crippen LogP contribution in [0.3, 0.4) is 0 Å². The molecule has 0 aliphatic carbocycles. The van der Waals surface area contributed by atoms with Gasteiger partial charge >= 0.3 is 5.69 Å². The molecule has 10 heteroatoms. The minimum atomic E-state index is -0.828. The van der Waals surface area contributed by atoms with Crippen molar-refractivity contribution in [3.8, 4) is 12.3 Å². The topological polar surface area (TPSA) is 142 Å². The molecule has 0 fully saturated rings. The van der Waals surface area contributed by atoms with Gasteiger partial charge in [-0.05, 0) is 11.6 Å². The van der Waals surface area contributed by atoms with Gasteiger partial charge in [0.15, 0.2) is 0 Å². The minimum Gasteiger partial charge on any atom is -0.383 e. The second-order valence-corrected chi connectivity index (χ2v) is 5.37. The Kier molecular flexibility index (Phi) is 5.57. The molecule has 0 atom stereocenters. The van der Waals surface area contributed by atoms with Crippen LogP contribution in [0.5, 0.6) is 0 Å². The molecule has 2 rings (SSSR count). The number of terminal acetylenes is 1. The highest BCUT2D eigenvalue weighted by Gasteiger charge is 2.16. The summed E-state index contributed by atoms with van der Waals surface area (Å²) < 4.78 is 1.74. The van der Waals surface area contributed by atoms with Gasteiger partial charge in [-0.15, -0.1) is 6.42 Å². The summed E-state index contributed by atoms with van der Waals surface area (Å²) >= 11 is 0. The normalized spacial score (nSPS) is 10.5. The second kappa shape index (κ2) is 7.83. The van der Waals surface area contributed by atoms with Crippen molar-refractivity contribution in [2.45, 2.75) is 6.54 Å². The van der Waals surface area contributed by atoms with E-state index in [1.54, 1.807) is 6.07 Å². The van der Waals surface area contributed by atoms with Crippen LogP contribution in [-0.2, 0) is 18.4 Å². The standard InChI is InChI=1S/C17H15N5O5/c1-3-9-21-16(24)14(15(18)20(2)17(21)25)19-13(23)8-7-11-5-4-6-12(10-11)22(26)27/h1,4-8,10H,9,18H2,2H3,(H,19,23)/b8-7+. The molecule has 0 aliphatic rings. The number of carbonyl (C=O) groups is 1. The summed E-state index contributed by atoms with van der Waals surface area (Å²) in [6.07, 6.45) is 7.56. The summed E-state index contributed by atoms with van der Waals surface area (Å²) in [5, 5.41) is 13.1. The largest absolute Gasteiger partial charge is 0.383 e. The number of amides is 1. The maximum atomic E-state index is 12.3. The lowest BCUT2D eigenvalue weighted by Gasteiger charge is -2.12. The Balaban J connectivity index is 2.32. The predicted molar refractivity (Wildman–Crippen MR) is 99.9 cm³/mol. The lowest BCUT2D eigenvalue weighted by atomic mass is 10.2. The Morgan fingerprint density at radius 1 is 1.44 bits per heavy atom. The first-order valence-electron chi connectivity index (χ1n) is 7.52. The number of non-ortho nitro benzene ring substituents is 1. The average molecular weight is 369 g/mol. The molecule has 0 saturated carbocycles. The summed E-state index contributed by atoms with van der Waals surface area (Å²) in [7, 11) is 1.33. The van der Waals surface area contributed by atoms with Gasteiger partial charge in [0.1, 0.15) is 11.5 Å². The number of rotatable bonds is 5. The first-order valence-corrected chi connectivity index (χ1v) is 7.52. The van der Waals surface area contributed by atoms with Gasteiger partial charge in [0.25, 0.3) is 11.2 Å². The number of aromatic nitrogens is 2. The van der Waals surface area contributed by atoms with Crippen LogP contribution in [0.15, 0.2) is 39.9 Å². The molecule has 0 radical (unpaired) electrons. The van der Waals surface area contributed by atoms with Gasteiger partial charge in [0.05, 0.1) is 11.5 Å². The zero-order chi connectivity index (χ0) is 20.1. The quantitative estimate of drug-likeness (QED) is 0.336. The van der Waals surface area contributed by atoms with E-state index in [-0.39, 0.29) is 23.7 Å². The van der Waals surface area contributed by atoms with E-state index in [4.69, 9.17) is 12.2 Å². The maximum Gasteiger partial charge on any atom is 0.333 e.